The summed E-state index contributed by atoms with van der Waals surface area (Å²) < 4.78 is 0.315. The highest BCUT2D eigenvalue weighted by Gasteiger charge is 2.43. The minimum Gasteiger partial charge on any atom is -0.329 e. The average Bonchev–Trinajstić information content (AvgIpc) is 2.26. The molecule has 1 aliphatic rings. The molecule has 0 saturated heterocycles. The van der Waals surface area contributed by atoms with Crippen LogP contribution in [-0.4, -0.2) is 11.3 Å². The van der Waals surface area contributed by atoms with Gasteiger partial charge in [-0.3, -0.25) is 0 Å². The maximum Gasteiger partial charge on any atom is 0.0354 e. The lowest BCUT2D eigenvalue weighted by Crippen LogP contribution is -2.48. The average molecular weight is 221 g/mol. The Morgan fingerprint density at radius 2 is 2.07 bits per heavy atom. The van der Waals surface area contributed by atoms with Gasteiger partial charge in [-0.05, 0) is 37.8 Å². The quantitative estimate of drug-likeness (QED) is 0.848. The van der Waals surface area contributed by atoms with Gasteiger partial charge in [0.1, 0.15) is 0 Å². The summed E-state index contributed by atoms with van der Waals surface area (Å²) in [4.78, 5) is 1.36. The number of hydrogen-bond donors (Lipinski definition) is 1. The zero-order chi connectivity index (χ0) is 10.9. The van der Waals surface area contributed by atoms with Gasteiger partial charge in [-0.2, -0.15) is 0 Å². The van der Waals surface area contributed by atoms with Crippen molar-refractivity contribution in [3.8, 4) is 0 Å². The molecule has 2 N–H and O–H groups in total. The minimum atomic E-state index is 0.315. The van der Waals surface area contributed by atoms with Crippen LogP contribution in [0.2, 0.25) is 0 Å². The number of hydrogen-bond acceptors (Lipinski definition) is 2. The second-order valence-corrected chi connectivity index (χ2v) is 6.11. The molecule has 2 heteroatoms. The standard InChI is InChI=1S/C13H19NS/c1-10-3-5-12(6-4-10)15-13(9-14)8-7-11(13)2/h3-6,11H,7-9,14H2,1-2H3. The van der Waals surface area contributed by atoms with E-state index in [1.165, 1.54) is 23.3 Å². The van der Waals surface area contributed by atoms with Gasteiger partial charge in [0.05, 0.1) is 0 Å². The first-order valence-corrected chi connectivity index (χ1v) is 6.44. The maximum absolute atomic E-state index is 5.92. The van der Waals surface area contributed by atoms with Crippen molar-refractivity contribution in [2.75, 3.05) is 6.54 Å². The molecule has 1 aliphatic carbocycles. The molecule has 2 atom stereocenters. The fourth-order valence-electron chi connectivity index (χ4n) is 2.09. The molecule has 1 nitrogen and oxygen atoms in total. The Labute approximate surface area is 96.4 Å². The molecule has 0 heterocycles. The Hall–Kier alpha value is -0.470. The van der Waals surface area contributed by atoms with Crippen LogP contribution in [0.5, 0.6) is 0 Å². The van der Waals surface area contributed by atoms with Crippen molar-refractivity contribution >= 4 is 11.8 Å². The largest absolute Gasteiger partial charge is 0.329 e. The molecule has 2 rings (SSSR count). The fourth-order valence-corrected chi connectivity index (χ4v) is 3.46. The van der Waals surface area contributed by atoms with E-state index in [0.717, 1.165) is 12.5 Å². The molecule has 0 spiro atoms. The number of rotatable bonds is 3. The number of benzene rings is 1. The van der Waals surface area contributed by atoms with Crippen LogP contribution in [0.15, 0.2) is 29.2 Å². The molecule has 82 valence electrons. The Balaban J connectivity index is 2.10. The summed E-state index contributed by atoms with van der Waals surface area (Å²) >= 11 is 1.97. The van der Waals surface area contributed by atoms with Crippen molar-refractivity contribution in [2.45, 2.75) is 36.3 Å². The minimum absolute atomic E-state index is 0.315. The van der Waals surface area contributed by atoms with Gasteiger partial charge in [-0.1, -0.05) is 24.6 Å². The van der Waals surface area contributed by atoms with Gasteiger partial charge in [-0.25, -0.2) is 0 Å². The maximum atomic E-state index is 5.92. The molecule has 0 amide bonds. The number of thioether (sulfide) groups is 1. The molecule has 15 heavy (non-hydrogen) atoms. The monoisotopic (exact) mass is 221 g/mol. The van der Waals surface area contributed by atoms with Crippen molar-refractivity contribution in [1.29, 1.82) is 0 Å². The van der Waals surface area contributed by atoms with E-state index in [1.54, 1.807) is 0 Å². The van der Waals surface area contributed by atoms with E-state index < -0.39 is 0 Å². The van der Waals surface area contributed by atoms with E-state index in [1.807, 2.05) is 11.8 Å². The molecule has 0 aliphatic heterocycles. The zero-order valence-corrected chi connectivity index (χ0v) is 10.3. The lowest BCUT2D eigenvalue weighted by atomic mass is 9.74. The van der Waals surface area contributed by atoms with Gasteiger partial charge >= 0.3 is 0 Å². The summed E-state index contributed by atoms with van der Waals surface area (Å²) in [6, 6.07) is 8.77. The molecule has 1 fully saturated rings. The second-order valence-electron chi connectivity index (χ2n) is 4.62. The van der Waals surface area contributed by atoms with E-state index in [4.69, 9.17) is 5.73 Å². The first-order chi connectivity index (χ1) is 7.16. The Morgan fingerprint density at radius 1 is 1.40 bits per heavy atom. The SMILES string of the molecule is Cc1ccc(SC2(CN)CCC2C)cc1. The fraction of sp³-hybridized carbons (Fsp3) is 0.538. The molecule has 1 aromatic carbocycles. The topological polar surface area (TPSA) is 26.0 Å². The highest BCUT2D eigenvalue weighted by atomic mass is 32.2. The smallest absolute Gasteiger partial charge is 0.0354 e. The number of aryl methyl sites for hydroxylation is 1. The van der Waals surface area contributed by atoms with Crippen LogP contribution in [0.4, 0.5) is 0 Å². The Morgan fingerprint density at radius 3 is 2.47 bits per heavy atom. The first-order valence-electron chi connectivity index (χ1n) is 5.62. The highest BCUT2D eigenvalue weighted by molar-refractivity contribution is 8.00. The predicted octanol–water partition coefficient (Wildman–Crippen LogP) is 3.21. The molecule has 1 saturated carbocycles. The highest BCUT2D eigenvalue weighted by Crippen LogP contribution is 2.50. The van der Waals surface area contributed by atoms with Gasteiger partial charge in [-0.15, -0.1) is 11.8 Å². The van der Waals surface area contributed by atoms with Crippen LogP contribution in [0.1, 0.15) is 25.3 Å². The zero-order valence-electron chi connectivity index (χ0n) is 9.49. The van der Waals surface area contributed by atoms with Gasteiger partial charge in [0, 0.05) is 16.2 Å². The van der Waals surface area contributed by atoms with Crippen LogP contribution in [0.3, 0.4) is 0 Å². The first kappa shape index (κ1) is 11.0. The molecule has 2 unspecified atom stereocenters. The Bertz CT molecular complexity index is 329. The van der Waals surface area contributed by atoms with Crippen molar-refractivity contribution in [1.82, 2.24) is 0 Å². The third-order valence-electron chi connectivity index (χ3n) is 3.59. The van der Waals surface area contributed by atoms with Crippen molar-refractivity contribution in [2.24, 2.45) is 11.7 Å². The van der Waals surface area contributed by atoms with Gasteiger partial charge in [0.25, 0.3) is 0 Å². The molecular formula is C13H19NS. The predicted molar refractivity (Wildman–Crippen MR) is 67.2 cm³/mol. The second kappa shape index (κ2) is 4.18. The van der Waals surface area contributed by atoms with E-state index in [9.17, 15) is 0 Å². The third kappa shape index (κ3) is 2.06. The summed E-state index contributed by atoms with van der Waals surface area (Å²) in [5.74, 6) is 0.758. The van der Waals surface area contributed by atoms with Crippen molar-refractivity contribution in [3.05, 3.63) is 29.8 Å². The van der Waals surface area contributed by atoms with Gasteiger partial charge in [0.15, 0.2) is 0 Å². The van der Waals surface area contributed by atoms with Crippen LogP contribution in [0.25, 0.3) is 0 Å². The van der Waals surface area contributed by atoms with Gasteiger partial charge in [0.2, 0.25) is 0 Å². The van der Waals surface area contributed by atoms with E-state index in [0.29, 0.717) is 4.75 Å². The lowest BCUT2D eigenvalue weighted by Gasteiger charge is -2.47. The summed E-state index contributed by atoms with van der Waals surface area (Å²) in [5.41, 5.74) is 7.24. The van der Waals surface area contributed by atoms with Crippen LogP contribution in [0, 0.1) is 12.8 Å². The van der Waals surface area contributed by atoms with E-state index in [-0.39, 0.29) is 0 Å². The van der Waals surface area contributed by atoms with E-state index in [2.05, 4.69) is 38.1 Å². The molecule has 1 aromatic rings. The van der Waals surface area contributed by atoms with Crippen LogP contribution in [-0.2, 0) is 0 Å². The molecule has 0 radical (unpaired) electrons. The van der Waals surface area contributed by atoms with Crippen molar-refractivity contribution in [3.63, 3.8) is 0 Å². The molecule has 0 aromatic heterocycles. The third-order valence-corrected chi connectivity index (χ3v) is 5.27. The summed E-state index contributed by atoms with van der Waals surface area (Å²) in [6.07, 6.45) is 2.60. The summed E-state index contributed by atoms with van der Waals surface area (Å²) in [6.45, 7) is 5.24. The van der Waals surface area contributed by atoms with Gasteiger partial charge < -0.3 is 5.73 Å². The normalized spacial score (nSPS) is 29.9. The number of nitrogens with two attached hydrogens (primary N) is 1. The lowest BCUT2D eigenvalue weighted by molar-refractivity contribution is 0.245. The molecular weight excluding hydrogens is 202 g/mol. The summed E-state index contributed by atoms with van der Waals surface area (Å²) in [5, 5.41) is 0. The molecule has 0 bridgehead atoms. The van der Waals surface area contributed by atoms with Crippen LogP contribution < -0.4 is 5.73 Å². The van der Waals surface area contributed by atoms with Crippen LogP contribution >= 0.6 is 11.8 Å². The van der Waals surface area contributed by atoms with Crippen molar-refractivity contribution < 1.29 is 0 Å². The summed E-state index contributed by atoms with van der Waals surface area (Å²) in [7, 11) is 0. The van der Waals surface area contributed by atoms with E-state index >= 15 is 0 Å². The Kier molecular flexibility index (Phi) is 3.08.